The zero-order valence-electron chi connectivity index (χ0n) is 20.6. The van der Waals surface area contributed by atoms with Gasteiger partial charge in [0.15, 0.2) is 11.6 Å². The lowest BCUT2D eigenvalue weighted by Gasteiger charge is -2.32. The number of aromatic nitrogens is 2. The highest BCUT2D eigenvalue weighted by Gasteiger charge is 2.50. The van der Waals surface area contributed by atoms with Crippen LogP contribution in [0.25, 0.3) is 0 Å². The summed E-state index contributed by atoms with van der Waals surface area (Å²) in [5, 5.41) is 10.4. The van der Waals surface area contributed by atoms with Crippen molar-refractivity contribution in [2.45, 2.75) is 49.8 Å². The summed E-state index contributed by atoms with van der Waals surface area (Å²) >= 11 is 0. The molecule has 37 heavy (non-hydrogen) atoms. The molecular formula is C28H29F3N4O2. The first-order valence-electron chi connectivity index (χ1n) is 12.5. The molecule has 2 fully saturated rings. The first-order valence-corrected chi connectivity index (χ1v) is 12.5. The predicted octanol–water partition coefficient (Wildman–Crippen LogP) is 4.35. The third-order valence-corrected chi connectivity index (χ3v) is 7.43. The largest absolute Gasteiger partial charge is 0.380 e. The molecule has 3 heterocycles. The number of benzene rings is 1. The van der Waals surface area contributed by atoms with E-state index < -0.39 is 35.1 Å². The quantitative estimate of drug-likeness (QED) is 0.479. The van der Waals surface area contributed by atoms with Gasteiger partial charge in [-0.1, -0.05) is 18.2 Å². The average Bonchev–Trinajstić information content (AvgIpc) is 3.66. The van der Waals surface area contributed by atoms with Crippen LogP contribution in [0.4, 0.5) is 13.2 Å². The highest BCUT2D eigenvalue weighted by atomic mass is 19.2. The molecule has 1 N–H and O–H groups in total. The fraction of sp³-hybridized carbons (Fsp3) is 0.393. The van der Waals surface area contributed by atoms with Crippen LogP contribution >= 0.6 is 0 Å². The average molecular weight is 511 g/mol. The number of nitrogens with zero attached hydrogens (tertiary/aromatic N) is 4. The fourth-order valence-corrected chi connectivity index (χ4v) is 5.06. The molecule has 5 rings (SSSR count). The van der Waals surface area contributed by atoms with Crippen LogP contribution in [0.15, 0.2) is 54.9 Å². The summed E-state index contributed by atoms with van der Waals surface area (Å²) in [7, 11) is 1.54. The van der Waals surface area contributed by atoms with Crippen molar-refractivity contribution in [3.63, 3.8) is 0 Å². The molecule has 1 aromatic carbocycles. The summed E-state index contributed by atoms with van der Waals surface area (Å²) in [5.74, 6) is -2.56. The number of carbonyl (C=O) groups is 1. The van der Waals surface area contributed by atoms with Crippen LogP contribution in [0.1, 0.15) is 60.0 Å². The SMILES string of the molecule is CN(C(=O)C1(O)CC1)[C@@H](c1ccc(F)c(F)c1)c1ccc(CN2CCC(c3ccc(F)nc3)CC2)cn1. The third-order valence-electron chi connectivity index (χ3n) is 7.43. The molecule has 6 nitrogen and oxygen atoms in total. The summed E-state index contributed by atoms with van der Waals surface area (Å²) in [6.07, 6.45) is 6.01. The van der Waals surface area contributed by atoms with E-state index in [2.05, 4.69) is 14.9 Å². The van der Waals surface area contributed by atoms with Gasteiger partial charge in [0.05, 0.1) is 11.7 Å². The Kier molecular flexibility index (Phi) is 7.00. The van der Waals surface area contributed by atoms with E-state index in [0.29, 0.717) is 36.6 Å². The first-order chi connectivity index (χ1) is 17.7. The molecular weight excluding hydrogens is 481 g/mol. The van der Waals surface area contributed by atoms with Gasteiger partial charge in [0, 0.05) is 26.0 Å². The van der Waals surface area contributed by atoms with Crippen LogP contribution in [0.3, 0.4) is 0 Å². The highest BCUT2D eigenvalue weighted by Crippen LogP contribution is 2.39. The second-order valence-corrected chi connectivity index (χ2v) is 10.1. The number of amides is 1. The van der Waals surface area contributed by atoms with Gasteiger partial charge in [0.2, 0.25) is 5.95 Å². The maximum Gasteiger partial charge on any atom is 0.255 e. The molecule has 1 amide bonds. The third kappa shape index (κ3) is 5.52. The van der Waals surface area contributed by atoms with E-state index >= 15 is 0 Å². The van der Waals surface area contributed by atoms with E-state index in [0.717, 1.165) is 49.2 Å². The lowest BCUT2D eigenvalue weighted by atomic mass is 9.90. The Morgan fingerprint density at radius 3 is 2.41 bits per heavy atom. The normalized spacial score (nSPS) is 18.4. The second kappa shape index (κ2) is 10.2. The molecule has 0 spiro atoms. The van der Waals surface area contributed by atoms with Gasteiger partial charge in [0.1, 0.15) is 5.60 Å². The molecule has 2 aliphatic rings. The summed E-state index contributed by atoms with van der Waals surface area (Å²) < 4.78 is 40.8. The van der Waals surface area contributed by atoms with E-state index in [9.17, 15) is 23.1 Å². The zero-order valence-corrected chi connectivity index (χ0v) is 20.6. The van der Waals surface area contributed by atoms with Gasteiger partial charge < -0.3 is 10.0 Å². The van der Waals surface area contributed by atoms with Crippen molar-refractivity contribution in [3.05, 3.63) is 94.8 Å². The molecule has 0 unspecified atom stereocenters. The van der Waals surface area contributed by atoms with E-state index in [1.165, 1.54) is 17.0 Å². The van der Waals surface area contributed by atoms with E-state index in [-0.39, 0.29) is 0 Å². The van der Waals surface area contributed by atoms with Crippen molar-refractivity contribution in [3.8, 4) is 0 Å². The van der Waals surface area contributed by atoms with Crippen molar-refractivity contribution in [1.29, 1.82) is 0 Å². The first kappa shape index (κ1) is 25.4. The molecule has 2 aromatic heterocycles. The minimum atomic E-state index is -1.40. The van der Waals surface area contributed by atoms with Crippen LogP contribution in [0.5, 0.6) is 0 Å². The van der Waals surface area contributed by atoms with Crippen LogP contribution in [-0.2, 0) is 11.3 Å². The maximum atomic E-state index is 14.1. The van der Waals surface area contributed by atoms with Gasteiger partial charge in [0.25, 0.3) is 5.91 Å². The lowest BCUT2D eigenvalue weighted by Crippen LogP contribution is -2.41. The Hall–Kier alpha value is -3.30. The Morgan fingerprint density at radius 2 is 1.81 bits per heavy atom. The molecule has 1 saturated carbocycles. The Labute approximate surface area is 213 Å². The molecule has 1 atom stereocenters. The molecule has 3 aromatic rings. The molecule has 0 bridgehead atoms. The number of hydrogen-bond acceptors (Lipinski definition) is 5. The number of carbonyl (C=O) groups excluding carboxylic acids is 1. The molecule has 1 aliphatic carbocycles. The van der Waals surface area contributed by atoms with Crippen LogP contribution in [-0.4, -0.2) is 56.5 Å². The van der Waals surface area contributed by atoms with Crippen LogP contribution < -0.4 is 0 Å². The van der Waals surface area contributed by atoms with Gasteiger partial charge in [-0.15, -0.1) is 0 Å². The van der Waals surface area contributed by atoms with Crippen molar-refractivity contribution in [1.82, 2.24) is 19.8 Å². The lowest BCUT2D eigenvalue weighted by molar-refractivity contribution is -0.142. The number of likely N-dealkylation sites (tertiary alicyclic amines) is 1. The summed E-state index contributed by atoms with van der Waals surface area (Å²) in [5.41, 5.74) is 1.52. The molecule has 9 heteroatoms. The van der Waals surface area contributed by atoms with Gasteiger partial charge in [-0.05, 0) is 85.6 Å². The number of aliphatic hydroxyl groups is 1. The maximum absolute atomic E-state index is 14.1. The fourth-order valence-electron chi connectivity index (χ4n) is 5.06. The van der Waals surface area contributed by atoms with Crippen molar-refractivity contribution >= 4 is 5.91 Å². The van der Waals surface area contributed by atoms with E-state index in [1.54, 1.807) is 31.6 Å². The summed E-state index contributed by atoms with van der Waals surface area (Å²) in [4.78, 5) is 24.9. The number of piperidine rings is 1. The monoisotopic (exact) mass is 510 g/mol. The number of halogens is 3. The number of rotatable bonds is 7. The predicted molar refractivity (Wildman–Crippen MR) is 131 cm³/mol. The van der Waals surface area contributed by atoms with E-state index in [4.69, 9.17) is 0 Å². The topological polar surface area (TPSA) is 69.6 Å². The van der Waals surface area contributed by atoms with Gasteiger partial charge in [-0.25, -0.2) is 13.8 Å². The standard InChI is InChI=1S/C28H29F3N4O2/c1-34(27(36)28(37)10-11-28)26(20-3-5-22(29)23(30)14-20)24-6-2-18(15-32-24)17-35-12-8-19(9-13-35)21-4-7-25(31)33-16-21/h2-7,14-16,19,26,37H,8-13,17H2,1H3/t26-/m0/s1. The Morgan fingerprint density at radius 1 is 1.05 bits per heavy atom. The second-order valence-electron chi connectivity index (χ2n) is 10.1. The minimum Gasteiger partial charge on any atom is -0.380 e. The van der Waals surface area contributed by atoms with E-state index in [1.807, 2.05) is 6.07 Å². The smallest absolute Gasteiger partial charge is 0.255 e. The Balaban J connectivity index is 1.29. The van der Waals surface area contributed by atoms with Crippen molar-refractivity contribution in [2.24, 2.45) is 0 Å². The molecule has 1 aliphatic heterocycles. The number of hydrogen-bond donors (Lipinski definition) is 1. The van der Waals surface area contributed by atoms with Gasteiger partial charge >= 0.3 is 0 Å². The summed E-state index contributed by atoms with van der Waals surface area (Å²) in [6.45, 7) is 2.47. The molecule has 194 valence electrons. The van der Waals surface area contributed by atoms with Gasteiger partial charge in [-0.3, -0.25) is 14.7 Å². The van der Waals surface area contributed by atoms with Crippen molar-refractivity contribution < 1.29 is 23.1 Å². The number of likely N-dealkylation sites (N-methyl/N-ethyl adjacent to an activating group) is 1. The highest BCUT2D eigenvalue weighted by molar-refractivity contribution is 5.88. The molecule has 0 radical (unpaired) electrons. The molecule has 1 saturated heterocycles. The van der Waals surface area contributed by atoms with Crippen LogP contribution in [0.2, 0.25) is 0 Å². The Bertz CT molecular complexity index is 1260. The number of pyridine rings is 2. The van der Waals surface area contributed by atoms with Crippen LogP contribution in [0, 0.1) is 17.6 Å². The van der Waals surface area contributed by atoms with Gasteiger partial charge in [-0.2, -0.15) is 4.39 Å². The zero-order chi connectivity index (χ0) is 26.2. The van der Waals surface area contributed by atoms with Crippen molar-refractivity contribution in [2.75, 3.05) is 20.1 Å². The minimum absolute atomic E-state index is 0.357. The summed E-state index contributed by atoms with van der Waals surface area (Å²) in [6, 6.07) is 9.67.